The van der Waals surface area contributed by atoms with Crippen molar-refractivity contribution in [3.63, 3.8) is 0 Å². The summed E-state index contributed by atoms with van der Waals surface area (Å²) < 4.78 is 14.1. The third-order valence-electron chi connectivity index (χ3n) is 2.84. The number of nitro groups is 1. The van der Waals surface area contributed by atoms with Crippen LogP contribution in [0.1, 0.15) is 15.9 Å². The lowest BCUT2D eigenvalue weighted by Gasteiger charge is -2.08. The van der Waals surface area contributed by atoms with Gasteiger partial charge < -0.3 is 5.32 Å². The van der Waals surface area contributed by atoms with Crippen molar-refractivity contribution in [2.45, 2.75) is 6.92 Å². The number of carbonyl (C=O) groups excluding carboxylic acids is 1. The zero-order valence-electron chi connectivity index (χ0n) is 10.9. The van der Waals surface area contributed by atoms with E-state index in [0.29, 0.717) is 11.3 Å². The van der Waals surface area contributed by atoms with E-state index in [-0.39, 0.29) is 15.7 Å². The Morgan fingerprint density at radius 1 is 1.33 bits per heavy atom. The smallest absolute Gasteiger partial charge is 0.283 e. The number of halogens is 2. The molecule has 0 unspecified atom stereocenters. The van der Waals surface area contributed by atoms with Crippen molar-refractivity contribution >= 4 is 33.2 Å². The summed E-state index contributed by atoms with van der Waals surface area (Å²) in [5.41, 5.74) is 0.505. The summed E-state index contributed by atoms with van der Waals surface area (Å²) in [5.74, 6) is -1.20. The van der Waals surface area contributed by atoms with Crippen molar-refractivity contribution in [2.24, 2.45) is 0 Å². The fourth-order valence-corrected chi connectivity index (χ4v) is 2.28. The van der Waals surface area contributed by atoms with Gasteiger partial charge in [-0.15, -0.1) is 0 Å². The van der Waals surface area contributed by atoms with Gasteiger partial charge in [-0.3, -0.25) is 14.9 Å². The van der Waals surface area contributed by atoms with Gasteiger partial charge in [-0.05, 0) is 46.6 Å². The van der Waals surface area contributed by atoms with Crippen LogP contribution in [-0.2, 0) is 0 Å². The first-order chi connectivity index (χ1) is 9.90. The molecule has 1 amide bonds. The van der Waals surface area contributed by atoms with Gasteiger partial charge in [-0.25, -0.2) is 4.39 Å². The zero-order chi connectivity index (χ0) is 15.6. The average Bonchev–Trinajstić information content (AvgIpc) is 2.41. The third-order valence-corrected chi connectivity index (χ3v) is 3.47. The number of anilines is 1. The lowest BCUT2D eigenvalue weighted by molar-refractivity contribution is -0.385. The average molecular weight is 353 g/mol. The largest absolute Gasteiger partial charge is 0.322 e. The summed E-state index contributed by atoms with van der Waals surface area (Å²) in [6.45, 7) is 1.56. The monoisotopic (exact) mass is 352 g/mol. The number of nitro benzene ring substituents is 1. The Labute approximate surface area is 128 Å². The third kappa shape index (κ3) is 3.25. The number of nitrogens with zero attached hydrogens (tertiary/aromatic N) is 1. The zero-order valence-corrected chi connectivity index (χ0v) is 12.5. The van der Waals surface area contributed by atoms with Gasteiger partial charge in [0.25, 0.3) is 11.6 Å². The molecule has 0 aliphatic carbocycles. The molecule has 0 spiro atoms. The lowest BCUT2D eigenvalue weighted by Crippen LogP contribution is -2.14. The Balaban J connectivity index is 2.26. The number of hydrogen-bond acceptors (Lipinski definition) is 3. The fraction of sp³-hybridized carbons (Fsp3) is 0.0714. The molecule has 0 bridgehead atoms. The van der Waals surface area contributed by atoms with E-state index in [1.807, 2.05) is 0 Å². The Morgan fingerprint density at radius 2 is 2.05 bits per heavy atom. The number of amides is 1. The molecule has 5 nitrogen and oxygen atoms in total. The highest BCUT2D eigenvalue weighted by Gasteiger charge is 2.16. The Bertz CT molecular complexity index is 734. The van der Waals surface area contributed by atoms with E-state index >= 15 is 0 Å². The summed E-state index contributed by atoms with van der Waals surface area (Å²) in [6, 6.07) is 8.55. The van der Waals surface area contributed by atoms with Gasteiger partial charge in [0.15, 0.2) is 0 Å². The maximum Gasteiger partial charge on any atom is 0.283 e. The van der Waals surface area contributed by atoms with E-state index < -0.39 is 16.6 Å². The number of hydrogen-bond donors (Lipinski definition) is 1. The van der Waals surface area contributed by atoms with Gasteiger partial charge in [-0.1, -0.05) is 12.1 Å². The van der Waals surface area contributed by atoms with E-state index in [4.69, 9.17) is 0 Å². The van der Waals surface area contributed by atoms with Crippen LogP contribution < -0.4 is 5.32 Å². The standard InChI is InChI=1S/C14H10BrFN2O3/c1-8-3-2-4-10(13(8)16)14(19)17-9-5-6-12(18(20)21)11(15)7-9/h2-7H,1H3,(H,17,19). The molecule has 2 aromatic rings. The molecule has 2 rings (SSSR count). The number of benzene rings is 2. The van der Waals surface area contributed by atoms with E-state index in [0.717, 1.165) is 0 Å². The van der Waals surface area contributed by atoms with Gasteiger partial charge in [0.2, 0.25) is 0 Å². The second-order valence-corrected chi connectivity index (χ2v) is 5.17. The SMILES string of the molecule is Cc1cccc(C(=O)Nc2ccc([N+](=O)[O-])c(Br)c2)c1F. The van der Waals surface area contributed by atoms with E-state index in [1.165, 1.54) is 24.3 Å². The molecule has 0 fully saturated rings. The van der Waals surface area contributed by atoms with Crippen molar-refractivity contribution in [3.8, 4) is 0 Å². The Kier molecular flexibility index (Phi) is 4.32. The van der Waals surface area contributed by atoms with Crippen LogP contribution in [0.4, 0.5) is 15.8 Å². The van der Waals surface area contributed by atoms with E-state index in [9.17, 15) is 19.3 Å². The summed E-state index contributed by atoms with van der Waals surface area (Å²) in [4.78, 5) is 22.2. The number of nitrogens with one attached hydrogen (secondary N) is 1. The molecule has 7 heteroatoms. The molecule has 0 radical (unpaired) electrons. The molecule has 0 aliphatic heterocycles. The van der Waals surface area contributed by atoms with Gasteiger partial charge in [0.05, 0.1) is 15.0 Å². The van der Waals surface area contributed by atoms with Crippen LogP contribution in [0.3, 0.4) is 0 Å². The fourth-order valence-electron chi connectivity index (χ4n) is 1.75. The minimum absolute atomic E-state index is 0.0792. The molecular weight excluding hydrogens is 343 g/mol. The highest BCUT2D eigenvalue weighted by atomic mass is 79.9. The number of carbonyl (C=O) groups is 1. The highest BCUT2D eigenvalue weighted by molar-refractivity contribution is 9.10. The molecule has 0 saturated heterocycles. The van der Waals surface area contributed by atoms with Gasteiger partial charge in [-0.2, -0.15) is 0 Å². The molecular formula is C14H10BrFN2O3. The Hall–Kier alpha value is -2.28. The quantitative estimate of drug-likeness (QED) is 0.668. The van der Waals surface area contributed by atoms with Crippen LogP contribution in [0.5, 0.6) is 0 Å². The summed E-state index contributed by atoms with van der Waals surface area (Å²) in [6.07, 6.45) is 0. The predicted octanol–water partition coefficient (Wildman–Crippen LogP) is 4.06. The first-order valence-electron chi connectivity index (χ1n) is 5.90. The molecule has 0 saturated carbocycles. The molecule has 0 aliphatic rings. The maximum atomic E-state index is 13.8. The second-order valence-electron chi connectivity index (χ2n) is 4.31. The highest BCUT2D eigenvalue weighted by Crippen LogP contribution is 2.28. The molecule has 21 heavy (non-hydrogen) atoms. The summed E-state index contributed by atoms with van der Waals surface area (Å²) in [5, 5.41) is 13.2. The normalized spacial score (nSPS) is 10.2. The van der Waals surface area contributed by atoms with Crippen LogP contribution in [0.15, 0.2) is 40.9 Å². The minimum atomic E-state index is -0.614. The minimum Gasteiger partial charge on any atom is -0.322 e. The van der Waals surface area contributed by atoms with Crippen LogP contribution in [-0.4, -0.2) is 10.8 Å². The summed E-state index contributed by atoms with van der Waals surface area (Å²) in [7, 11) is 0. The lowest BCUT2D eigenvalue weighted by atomic mass is 10.1. The first kappa shape index (κ1) is 15.1. The van der Waals surface area contributed by atoms with Gasteiger partial charge >= 0.3 is 0 Å². The number of rotatable bonds is 3. The molecule has 108 valence electrons. The molecule has 0 heterocycles. The van der Waals surface area contributed by atoms with Crippen molar-refractivity contribution in [1.82, 2.24) is 0 Å². The van der Waals surface area contributed by atoms with E-state index in [2.05, 4.69) is 21.2 Å². The van der Waals surface area contributed by atoms with Crippen molar-refractivity contribution < 1.29 is 14.1 Å². The molecule has 2 aromatic carbocycles. The van der Waals surface area contributed by atoms with Crippen LogP contribution in [0, 0.1) is 22.9 Å². The van der Waals surface area contributed by atoms with Crippen LogP contribution >= 0.6 is 15.9 Å². The van der Waals surface area contributed by atoms with Crippen molar-refractivity contribution in [3.05, 3.63) is 67.9 Å². The first-order valence-corrected chi connectivity index (χ1v) is 6.70. The molecule has 0 aromatic heterocycles. The predicted molar refractivity (Wildman–Crippen MR) is 79.9 cm³/mol. The molecule has 1 N–H and O–H groups in total. The van der Waals surface area contributed by atoms with Crippen molar-refractivity contribution in [2.75, 3.05) is 5.32 Å². The number of aryl methyl sites for hydroxylation is 1. The Morgan fingerprint density at radius 3 is 2.67 bits per heavy atom. The topological polar surface area (TPSA) is 72.2 Å². The van der Waals surface area contributed by atoms with E-state index in [1.54, 1.807) is 19.1 Å². The van der Waals surface area contributed by atoms with Crippen LogP contribution in [0.2, 0.25) is 0 Å². The van der Waals surface area contributed by atoms with Crippen molar-refractivity contribution in [1.29, 1.82) is 0 Å². The maximum absolute atomic E-state index is 13.8. The second kappa shape index (κ2) is 6.01. The van der Waals surface area contributed by atoms with Gasteiger partial charge in [0.1, 0.15) is 5.82 Å². The molecule has 0 atom stereocenters. The van der Waals surface area contributed by atoms with Crippen LogP contribution in [0.25, 0.3) is 0 Å². The summed E-state index contributed by atoms with van der Waals surface area (Å²) >= 11 is 3.05. The van der Waals surface area contributed by atoms with Gasteiger partial charge in [0, 0.05) is 11.8 Å².